The minimum atomic E-state index is -0.118. The van der Waals surface area contributed by atoms with Gasteiger partial charge < -0.3 is 5.11 Å². The maximum Gasteiger partial charge on any atom is 0.0695 e. The van der Waals surface area contributed by atoms with Crippen molar-refractivity contribution in [3.63, 3.8) is 0 Å². The third-order valence-electron chi connectivity index (χ3n) is 4.10. The lowest BCUT2D eigenvalue weighted by molar-refractivity contribution is -0.00501. The van der Waals surface area contributed by atoms with E-state index in [1.807, 2.05) is 0 Å². The Hall–Kier alpha value is -0.0800. The lowest BCUT2D eigenvalue weighted by atomic mass is 9.77. The first kappa shape index (κ1) is 13.0. The first-order valence-corrected chi connectivity index (χ1v) is 6.33. The zero-order valence-corrected chi connectivity index (χ0v) is 10.9. The molecule has 0 aromatic carbocycles. The molecule has 1 fully saturated rings. The molecule has 1 aliphatic carbocycles. The van der Waals surface area contributed by atoms with Gasteiger partial charge in [0.15, 0.2) is 0 Å². The van der Waals surface area contributed by atoms with E-state index in [4.69, 9.17) is 0 Å². The molecule has 1 N–H and O–H groups in total. The molecule has 2 nitrogen and oxygen atoms in total. The van der Waals surface area contributed by atoms with Gasteiger partial charge >= 0.3 is 0 Å². The van der Waals surface area contributed by atoms with Gasteiger partial charge in [-0.05, 0) is 52.0 Å². The molecular formula is C13H27NO. The summed E-state index contributed by atoms with van der Waals surface area (Å²) >= 11 is 0. The standard InChI is InChI=1S/C13H27NO/c1-9(2)11-6-7-13(15)12(8-11)14(5)10(3)4/h9-13,15H,6-8H2,1-5H3. The Morgan fingerprint density at radius 1 is 1.13 bits per heavy atom. The Kier molecular flexibility index (Phi) is 4.60. The van der Waals surface area contributed by atoms with Crippen LogP contribution in [0.25, 0.3) is 0 Å². The van der Waals surface area contributed by atoms with Crippen LogP contribution in [0.5, 0.6) is 0 Å². The molecule has 0 saturated heterocycles. The quantitative estimate of drug-likeness (QED) is 0.778. The maximum absolute atomic E-state index is 10.0. The average molecular weight is 213 g/mol. The van der Waals surface area contributed by atoms with E-state index in [1.165, 1.54) is 6.42 Å². The summed E-state index contributed by atoms with van der Waals surface area (Å²) in [5.41, 5.74) is 0. The summed E-state index contributed by atoms with van der Waals surface area (Å²) in [7, 11) is 2.14. The van der Waals surface area contributed by atoms with Gasteiger partial charge in [0, 0.05) is 12.1 Å². The Morgan fingerprint density at radius 2 is 1.73 bits per heavy atom. The van der Waals surface area contributed by atoms with Crippen LogP contribution < -0.4 is 0 Å². The van der Waals surface area contributed by atoms with Crippen LogP contribution in [-0.4, -0.2) is 35.2 Å². The molecule has 0 aromatic rings. The average Bonchev–Trinajstić information content (AvgIpc) is 2.16. The Balaban J connectivity index is 2.61. The van der Waals surface area contributed by atoms with Crippen LogP contribution in [0.4, 0.5) is 0 Å². The first-order chi connectivity index (χ1) is 6.93. The first-order valence-electron chi connectivity index (χ1n) is 6.33. The van der Waals surface area contributed by atoms with Crippen molar-refractivity contribution < 1.29 is 5.11 Å². The number of likely N-dealkylation sites (N-methyl/N-ethyl adjacent to an activating group) is 1. The second-order valence-electron chi connectivity index (χ2n) is 5.71. The van der Waals surface area contributed by atoms with Gasteiger partial charge in [-0.1, -0.05) is 13.8 Å². The van der Waals surface area contributed by atoms with Crippen LogP contribution in [0.2, 0.25) is 0 Å². The number of aliphatic hydroxyl groups excluding tert-OH is 1. The van der Waals surface area contributed by atoms with E-state index in [1.54, 1.807) is 0 Å². The molecule has 0 bridgehead atoms. The van der Waals surface area contributed by atoms with Gasteiger partial charge in [0.05, 0.1) is 6.10 Å². The van der Waals surface area contributed by atoms with Gasteiger partial charge in [0.2, 0.25) is 0 Å². The molecule has 0 heterocycles. The second kappa shape index (κ2) is 5.31. The summed E-state index contributed by atoms with van der Waals surface area (Å²) < 4.78 is 0. The van der Waals surface area contributed by atoms with Gasteiger partial charge in [0.1, 0.15) is 0 Å². The van der Waals surface area contributed by atoms with Crippen molar-refractivity contribution in [2.45, 2.75) is 65.1 Å². The van der Waals surface area contributed by atoms with Crippen molar-refractivity contribution in [2.75, 3.05) is 7.05 Å². The predicted molar refractivity (Wildman–Crippen MR) is 64.9 cm³/mol. The number of hydrogen-bond donors (Lipinski definition) is 1. The Labute approximate surface area is 94.7 Å². The lowest BCUT2D eigenvalue weighted by Gasteiger charge is -2.41. The van der Waals surface area contributed by atoms with Crippen molar-refractivity contribution in [2.24, 2.45) is 11.8 Å². The van der Waals surface area contributed by atoms with Crippen LogP contribution in [0.1, 0.15) is 47.0 Å². The molecule has 3 unspecified atom stereocenters. The molecular weight excluding hydrogens is 186 g/mol. The fraction of sp³-hybridized carbons (Fsp3) is 1.00. The van der Waals surface area contributed by atoms with Crippen molar-refractivity contribution in [1.29, 1.82) is 0 Å². The molecule has 1 saturated carbocycles. The molecule has 15 heavy (non-hydrogen) atoms. The summed E-state index contributed by atoms with van der Waals surface area (Å²) in [6.45, 7) is 9.00. The molecule has 3 atom stereocenters. The minimum Gasteiger partial charge on any atom is -0.391 e. The molecule has 0 aromatic heterocycles. The Morgan fingerprint density at radius 3 is 2.20 bits per heavy atom. The topological polar surface area (TPSA) is 23.5 Å². The van der Waals surface area contributed by atoms with Crippen molar-refractivity contribution in [3.8, 4) is 0 Å². The van der Waals surface area contributed by atoms with Crippen molar-refractivity contribution in [1.82, 2.24) is 4.90 Å². The molecule has 0 spiro atoms. The summed E-state index contributed by atoms with van der Waals surface area (Å²) in [6.07, 6.45) is 3.21. The van der Waals surface area contributed by atoms with Gasteiger partial charge in [-0.25, -0.2) is 0 Å². The maximum atomic E-state index is 10.0. The molecule has 90 valence electrons. The van der Waals surface area contributed by atoms with Gasteiger partial charge in [-0.15, -0.1) is 0 Å². The summed E-state index contributed by atoms with van der Waals surface area (Å²) in [4.78, 5) is 2.33. The van der Waals surface area contributed by atoms with E-state index in [2.05, 4.69) is 39.6 Å². The van der Waals surface area contributed by atoms with E-state index in [9.17, 15) is 5.11 Å². The van der Waals surface area contributed by atoms with E-state index >= 15 is 0 Å². The van der Waals surface area contributed by atoms with Gasteiger partial charge in [0.25, 0.3) is 0 Å². The van der Waals surface area contributed by atoms with Crippen LogP contribution in [-0.2, 0) is 0 Å². The monoisotopic (exact) mass is 213 g/mol. The zero-order chi connectivity index (χ0) is 11.6. The molecule has 2 heteroatoms. The summed E-state index contributed by atoms with van der Waals surface area (Å²) in [6, 6.07) is 0.890. The van der Waals surface area contributed by atoms with Crippen LogP contribution in [0, 0.1) is 11.8 Å². The Bertz CT molecular complexity index is 191. The zero-order valence-electron chi connectivity index (χ0n) is 10.9. The highest BCUT2D eigenvalue weighted by Crippen LogP contribution is 2.32. The molecule has 0 amide bonds. The third kappa shape index (κ3) is 3.18. The highest BCUT2D eigenvalue weighted by Gasteiger charge is 2.33. The highest BCUT2D eigenvalue weighted by molar-refractivity contribution is 4.87. The summed E-state index contributed by atoms with van der Waals surface area (Å²) in [5.74, 6) is 1.54. The van der Waals surface area contributed by atoms with E-state index in [-0.39, 0.29) is 6.10 Å². The second-order valence-corrected chi connectivity index (χ2v) is 5.71. The van der Waals surface area contributed by atoms with Crippen LogP contribution in [0.15, 0.2) is 0 Å². The lowest BCUT2D eigenvalue weighted by Crippen LogP contribution is -2.48. The minimum absolute atomic E-state index is 0.118. The van der Waals surface area contributed by atoms with Crippen LogP contribution >= 0.6 is 0 Å². The third-order valence-corrected chi connectivity index (χ3v) is 4.10. The molecule has 0 aliphatic heterocycles. The number of rotatable bonds is 3. The molecule has 0 radical (unpaired) electrons. The molecule has 1 rings (SSSR count). The number of aliphatic hydroxyl groups is 1. The van der Waals surface area contributed by atoms with Gasteiger partial charge in [-0.2, -0.15) is 0 Å². The number of nitrogens with zero attached hydrogens (tertiary/aromatic N) is 1. The molecule has 1 aliphatic rings. The van der Waals surface area contributed by atoms with Crippen molar-refractivity contribution in [3.05, 3.63) is 0 Å². The SMILES string of the molecule is CC(C)C1CCC(O)C(N(C)C(C)C)C1. The fourth-order valence-corrected chi connectivity index (χ4v) is 2.59. The normalized spacial score (nSPS) is 33.0. The van der Waals surface area contributed by atoms with Crippen molar-refractivity contribution >= 4 is 0 Å². The van der Waals surface area contributed by atoms with E-state index < -0.39 is 0 Å². The number of hydrogen-bond acceptors (Lipinski definition) is 2. The summed E-state index contributed by atoms with van der Waals surface area (Å²) in [5, 5.41) is 10.0. The van der Waals surface area contributed by atoms with Crippen LogP contribution in [0.3, 0.4) is 0 Å². The van der Waals surface area contributed by atoms with E-state index in [0.29, 0.717) is 12.1 Å². The highest BCUT2D eigenvalue weighted by atomic mass is 16.3. The fourth-order valence-electron chi connectivity index (χ4n) is 2.59. The largest absolute Gasteiger partial charge is 0.391 e. The predicted octanol–water partition coefficient (Wildman–Crippen LogP) is 2.51. The van der Waals surface area contributed by atoms with E-state index in [0.717, 1.165) is 24.7 Å². The van der Waals surface area contributed by atoms with Gasteiger partial charge in [-0.3, -0.25) is 4.90 Å². The smallest absolute Gasteiger partial charge is 0.0695 e.